The van der Waals surface area contributed by atoms with E-state index in [9.17, 15) is 4.79 Å². The van der Waals surface area contributed by atoms with E-state index < -0.39 is 0 Å². The molecule has 1 aliphatic heterocycles. The Bertz CT molecular complexity index is 452. The van der Waals surface area contributed by atoms with Crippen LogP contribution in [0.5, 0.6) is 0 Å². The minimum absolute atomic E-state index is 0.0258. The second-order valence-corrected chi connectivity index (χ2v) is 5.41. The van der Waals surface area contributed by atoms with Gasteiger partial charge in [-0.25, -0.2) is 0 Å². The number of nitrogens with one attached hydrogen (secondary N) is 1. The molecule has 0 saturated carbocycles. The number of hydrogen-bond acceptors (Lipinski definition) is 4. The number of rotatable bonds is 4. The molecule has 2 N–H and O–H groups in total. The SMILES string of the molecule is CC1COC(CO)CN1CC(=O)Nc1ccc(Cl)cc1. The Morgan fingerprint density at radius 2 is 2.20 bits per heavy atom. The zero-order valence-electron chi connectivity index (χ0n) is 11.4. The minimum atomic E-state index is -0.213. The number of anilines is 1. The topological polar surface area (TPSA) is 61.8 Å². The second kappa shape index (κ2) is 7.04. The monoisotopic (exact) mass is 298 g/mol. The lowest BCUT2D eigenvalue weighted by molar-refractivity contribution is -0.122. The molecule has 1 aromatic carbocycles. The van der Waals surface area contributed by atoms with Gasteiger partial charge in [0.05, 0.1) is 25.9 Å². The first kappa shape index (κ1) is 15.3. The Morgan fingerprint density at radius 3 is 2.85 bits per heavy atom. The van der Waals surface area contributed by atoms with E-state index in [0.717, 1.165) is 5.69 Å². The van der Waals surface area contributed by atoms with Crippen LogP contribution in [0, 0.1) is 0 Å². The summed E-state index contributed by atoms with van der Waals surface area (Å²) < 4.78 is 5.44. The summed E-state index contributed by atoms with van der Waals surface area (Å²) in [5.41, 5.74) is 0.721. The van der Waals surface area contributed by atoms with Crippen molar-refractivity contribution in [3.05, 3.63) is 29.3 Å². The van der Waals surface area contributed by atoms with E-state index in [-0.39, 0.29) is 31.2 Å². The molecule has 1 aliphatic rings. The molecule has 6 heteroatoms. The number of nitrogens with zero attached hydrogens (tertiary/aromatic N) is 1. The summed E-state index contributed by atoms with van der Waals surface area (Å²) in [6.45, 7) is 3.35. The van der Waals surface area contributed by atoms with Crippen molar-refractivity contribution in [2.24, 2.45) is 0 Å². The summed E-state index contributed by atoms with van der Waals surface area (Å²) in [6, 6.07) is 7.15. The van der Waals surface area contributed by atoms with Gasteiger partial charge in [-0.15, -0.1) is 0 Å². The predicted octanol–water partition coefficient (Wildman–Crippen LogP) is 1.36. The molecule has 1 saturated heterocycles. The molecule has 0 aliphatic carbocycles. The molecule has 20 heavy (non-hydrogen) atoms. The van der Waals surface area contributed by atoms with Gasteiger partial charge in [0.1, 0.15) is 0 Å². The fraction of sp³-hybridized carbons (Fsp3) is 0.500. The normalized spacial score (nSPS) is 23.6. The summed E-state index contributed by atoms with van der Waals surface area (Å²) in [5.74, 6) is -0.0854. The van der Waals surface area contributed by atoms with Crippen molar-refractivity contribution in [2.75, 3.05) is 31.6 Å². The van der Waals surface area contributed by atoms with Gasteiger partial charge in [-0.05, 0) is 31.2 Å². The summed E-state index contributed by atoms with van der Waals surface area (Å²) in [5, 5.41) is 12.6. The molecule has 0 bridgehead atoms. The van der Waals surface area contributed by atoms with Crippen LogP contribution in [0.25, 0.3) is 0 Å². The van der Waals surface area contributed by atoms with E-state index in [2.05, 4.69) is 5.32 Å². The first-order valence-corrected chi connectivity index (χ1v) is 6.98. The summed E-state index contributed by atoms with van der Waals surface area (Å²) >= 11 is 5.80. The Balaban J connectivity index is 1.88. The van der Waals surface area contributed by atoms with Gasteiger partial charge in [0.25, 0.3) is 0 Å². The predicted molar refractivity (Wildman–Crippen MR) is 77.9 cm³/mol. The Labute approximate surface area is 123 Å². The number of amides is 1. The van der Waals surface area contributed by atoms with Gasteiger partial charge < -0.3 is 15.2 Å². The maximum atomic E-state index is 12.0. The molecular formula is C14H19ClN2O3. The highest BCUT2D eigenvalue weighted by atomic mass is 35.5. The van der Waals surface area contributed by atoms with Crippen molar-refractivity contribution < 1.29 is 14.6 Å². The van der Waals surface area contributed by atoms with Crippen LogP contribution < -0.4 is 5.32 Å². The molecule has 5 nitrogen and oxygen atoms in total. The van der Waals surface area contributed by atoms with Crippen molar-refractivity contribution in [1.29, 1.82) is 0 Å². The molecule has 1 aromatic rings. The number of hydrogen-bond donors (Lipinski definition) is 2. The average Bonchev–Trinajstić information content (AvgIpc) is 2.44. The van der Waals surface area contributed by atoms with Gasteiger partial charge in [0, 0.05) is 23.3 Å². The highest BCUT2D eigenvalue weighted by Gasteiger charge is 2.26. The number of aliphatic hydroxyl groups is 1. The van der Waals surface area contributed by atoms with E-state index in [1.807, 2.05) is 11.8 Å². The number of ether oxygens (including phenoxy) is 1. The van der Waals surface area contributed by atoms with Crippen molar-refractivity contribution >= 4 is 23.2 Å². The third kappa shape index (κ3) is 4.18. The van der Waals surface area contributed by atoms with Crippen molar-refractivity contribution in [3.8, 4) is 0 Å². The number of benzene rings is 1. The van der Waals surface area contributed by atoms with Crippen molar-refractivity contribution in [3.63, 3.8) is 0 Å². The van der Waals surface area contributed by atoms with Crippen LogP contribution in [0.15, 0.2) is 24.3 Å². The van der Waals surface area contributed by atoms with Crippen LogP contribution in [0.2, 0.25) is 5.02 Å². The van der Waals surface area contributed by atoms with E-state index in [0.29, 0.717) is 18.2 Å². The maximum absolute atomic E-state index is 12.0. The maximum Gasteiger partial charge on any atom is 0.238 e. The van der Waals surface area contributed by atoms with Gasteiger partial charge in [0.15, 0.2) is 0 Å². The molecule has 2 rings (SSSR count). The molecule has 0 spiro atoms. The Morgan fingerprint density at radius 1 is 1.50 bits per heavy atom. The molecule has 0 radical (unpaired) electrons. The first-order valence-electron chi connectivity index (χ1n) is 6.60. The van der Waals surface area contributed by atoms with Crippen LogP contribution in [-0.4, -0.2) is 54.4 Å². The van der Waals surface area contributed by atoms with Crippen LogP contribution in [0.3, 0.4) is 0 Å². The van der Waals surface area contributed by atoms with Crippen LogP contribution in [0.4, 0.5) is 5.69 Å². The molecule has 2 unspecified atom stereocenters. The van der Waals surface area contributed by atoms with Gasteiger partial charge in [-0.2, -0.15) is 0 Å². The molecule has 0 aromatic heterocycles. The summed E-state index contributed by atoms with van der Waals surface area (Å²) in [4.78, 5) is 14.0. The van der Waals surface area contributed by atoms with Crippen molar-refractivity contribution in [1.82, 2.24) is 4.90 Å². The van der Waals surface area contributed by atoms with Crippen LogP contribution in [-0.2, 0) is 9.53 Å². The zero-order chi connectivity index (χ0) is 14.5. The van der Waals surface area contributed by atoms with Gasteiger partial charge >= 0.3 is 0 Å². The van der Waals surface area contributed by atoms with Crippen LogP contribution >= 0.6 is 11.6 Å². The molecule has 1 heterocycles. The van der Waals surface area contributed by atoms with Gasteiger partial charge in [0.2, 0.25) is 5.91 Å². The second-order valence-electron chi connectivity index (χ2n) is 4.97. The minimum Gasteiger partial charge on any atom is -0.394 e. The number of morpholine rings is 1. The largest absolute Gasteiger partial charge is 0.394 e. The highest BCUT2D eigenvalue weighted by molar-refractivity contribution is 6.30. The van der Waals surface area contributed by atoms with E-state index >= 15 is 0 Å². The third-order valence-electron chi connectivity index (χ3n) is 3.31. The van der Waals surface area contributed by atoms with Gasteiger partial charge in [-0.1, -0.05) is 11.6 Å². The fourth-order valence-electron chi connectivity index (χ4n) is 2.12. The fourth-order valence-corrected chi connectivity index (χ4v) is 2.25. The zero-order valence-corrected chi connectivity index (χ0v) is 12.1. The number of halogens is 1. The number of carbonyl (C=O) groups is 1. The lowest BCUT2D eigenvalue weighted by Crippen LogP contribution is -2.51. The van der Waals surface area contributed by atoms with Crippen LogP contribution in [0.1, 0.15) is 6.92 Å². The third-order valence-corrected chi connectivity index (χ3v) is 3.56. The number of aliphatic hydroxyl groups excluding tert-OH is 1. The standard InChI is InChI=1S/C14H19ClN2O3/c1-10-9-20-13(8-18)6-17(10)7-14(19)16-12-4-2-11(15)3-5-12/h2-5,10,13,18H,6-9H2,1H3,(H,16,19). The molecule has 1 fully saturated rings. The van der Waals surface area contributed by atoms with E-state index in [1.165, 1.54) is 0 Å². The molecule has 1 amide bonds. The van der Waals surface area contributed by atoms with Crippen molar-refractivity contribution in [2.45, 2.75) is 19.1 Å². The smallest absolute Gasteiger partial charge is 0.238 e. The first-order chi connectivity index (χ1) is 9.58. The molecular weight excluding hydrogens is 280 g/mol. The summed E-state index contributed by atoms with van der Waals surface area (Å²) in [7, 11) is 0. The number of carbonyl (C=O) groups excluding carboxylic acids is 1. The Hall–Kier alpha value is -1.14. The Kier molecular flexibility index (Phi) is 5.37. The molecule has 110 valence electrons. The van der Waals surface area contributed by atoms with Gasteiger partial charge in [-0.3, -0.25) is 9.69 Å². The lowest BCUT2D eigenvalue weighted by atomic mass is 10.2. The quantitative estimate of drug-likeness (QED) is 0.881. The lowest BCUT2D eigenvalue weighted by Gasteiger charge is -2.36. The average molecular weight is 299 g/mol. The highest BCUT2D eigenvalue weighted by Crippen LogP contribution is 2.14. The van der Waals surface area contributed by atoms with E-state index in [4.69, 9.17) is 21.4 Å². The molecule has 2 atom stereocenters. The summed E-state index contributed by atoms with van der Waals surface area (Å²) in [6.07, 6.45) is -0.213. The van der Waals surface area contributed by atoms with E-state index in [1.54, 1.807) is 24.3 Å².